The van der Waals surface area contributed by atoms with E-state index in [0.717, 1.165) is 5.56 Å². The van der Waals surface area contributed by atoms with Crippen molar-refractivity contribution in [1.82, 2.24) is 10.2 Å². The molecule has 1 heterocycles. The Bertz CT molecular complexity index is 620. The Hall–Kier alpha value is -1.88. The summed E-state index contributed by atoms with van der Waals surface area (Å²) in [4.78, 5) is 10.8. The van der Waals surface area contributed by atoms with Gasteiger partial charge in [-0.3, -0.25) is 4.79 Å². The molecule has 0 bridgehead atoms. The Morgan fingerprint density at radius 2 is 1.86 bits per heavy atom. The van der Waals surface area contributed by atoms with Crippen LogP contribution in [0.15, 0.2) is 28.7 Å². The number of aromatic nitrogens is 2. The number of aliphatic carboxylic acids is 1. The minimum absolute atomic E-state index is 0.0574. The molecule has 2 rings (SSSR count). The highest BCUT2D eigenvalue weighted by molar-refractivity contribution is 6.30. The Morgan fingerprint density at radius 3 is 2.48 bits per heavy atom. The van der Waals surface area contributed by atoms with E-state index < -0.39 is 11.4 Å². The van der Waals surface area contributed by atoms with E-state index in [2.05, 4.69) is 10.2 Å². The van der Waals surface area contributed by atoms with Crippen molar-refractivity contribution in [3.63, 3.8) is 0 Å². The Kier molecular flexibility index (Phi) is 4.63. The van der Waals surface area contributed by atoms with Crippen molar-refractivity contribution in [2.24, 2.45) is 5.41 Å². The summed E-state index contributed by atoms with van der Waals surface area (Å²) >= 11 is 5.83. The number of halogens is 1. The lowest BCUT2D eigenvalue weighted by Crippen LogP contribution is -2.19. The molecule has 0 spiro atoms. The average Bonchev–Trinajstić information content (AvgIpc) is 2.77. The molecule has 21 heavy (non-hydrogen) atoms. The van der Waals surface area contributed by atoms with Gasteiger partial charge in [0.1, 0.15) is 0 Å². The molecule has 0 aliphatic rings. The number of nitrogens with zero attached hydrogens (tertiary/aromatic N) is 2. The quantitative estimate of drug-likeness (QED) is 0.885. The molecule has 112 valence electrons. The second-order valence-electron chi connectivity index (χ2n) is 5.80. The summed E-state index contributed by atoms with van der Waals surface area (Å²) in [5.74, 6) is 0.143. The van der Waals surface area contributed by atoms with E-state index in [1.165, 1.54) is 0 Å². The summed E-state index contributed by atoms with van der Waals surface area (Å²) in [6.45, 7) is 3.73. The molecular weight excluding hydrogens is 292 g/mol. The molecule has 1 aromatic carbocycles. The van der Waals surface area contributed by atoms with Crippen LogP contribution in [0.5, 0.6) is 0 Å². The molecule has 0 atom stereocenters. The van der Waals surface area contributed by atoms with Crippen LogP contribution in [0, 0.1) is 5.41 Å². The van der Waals surface area contributed by atoms with Crippen LogP contribution in [-0.4, -0.2) is 21.3 Å². The van der Waals surface area contributed by atoms with Crippen molar-refractivity contribution in [3.8, 4) is 0 Å². The fraction of sp³-hybridized carbons (Fsp3) is 0.400. The van der Waals surface area contributed by atoms with Crippen LogP contribution < -0.4 is 0 Å². The summed E-state index contributed by atoms with van der Waals surface area (Å²) in [5.41, 5.74) is 0.606. The first-order valence-electron chi connectivity index (χ1n) is 6.61. The topological polar surface area (TPSA) is 76.2 Å². The third kappa shape index (κ3) is 4.86. The van der Waals surface area contributed by atoms with Crippen LogP contribution in [0.2, 0.25) is 5.02 Å². The van der Waals surface area contributed by atoms with E-state index in [-0.39, 0.29) is 6.42 Å². The maximum absolute atomic E-state index is 10.8. The van der Waals surface area contributed by atoms with E-state index in [9.17, 15) is 4.79 Å². The lowest BCUT2D eigenvalue weighted by molar-refractivity contribution is -0.139. The molecule has 0 radical (unpaired) electrons. The molecule has 6 heteroatoms. The molecule has 1 N–H and O–H groups in total. The predicted octanol–water partition coefficient (Wildman–Crippen LogP) is 3.36. The van der Waals surface area contributed by atoms with Crippen molar-refractivity contribution in [2.45, 2.75) is 33.1 Å². The molecule has 0 saturated heterocycles. The summed E-state index contributed by atoms with van der Waals surface area (Å²) in [5, 5.41) is 17.5. The van der Waals surface area contributed by atoms with Gasteiger partial charge in [0.15, 0.2) is 0 Å². The van der Waals surface area contributed by atoms with Crippen molar-refractivity contribution in [2.75, 3.05) is 0 Å². The number of benzene rings is 1. The van der Waals surface area contributed by atoms with Crippen LogP contribution in [0.25, 0.3) is 0 Å². The zero-order chi connectivity index (χ0) is 15.5. The van der Waals surface area contributed by atoms with Gasteiger partial charge >= 0.3 is 5.97 Å². The minimum Gasteiger partial charge on any atom is -0.481 e. The summed E-state index contributed by atoms with van der Waals surface area (Å²) in [6, 6.07) is 7.43. The van der Waals surface area contributed by atoms with Gasteiger partial charge in [-0.15, -0.1) is 10.2 Å². The second-order valence-corrected chi connectivity index (χ2v) is 6.24. The smallest absolute Gasteiger partial charge is 0.303 e. The van der Waals surface area contributed by atoms with Gasteiger partial charge in [-0.25, -0.2) is 0 Å². The van der Waals surface area contributed by atoms with E-state index in [0.29, 0.717) is 29.6 Å². The number of hydrogen-bond donors (Lipinski definition) is 1. The largest absolute Gasteiger partial charge is 0.481 e. The van der Waals surface area contributed by atoms with Gasteiger partial charge in [-0.05, 0) is 23.1 Å². The Balaban J connectivity index is 2.01. The first kappa shape index (κ1) is 15.5. The third-order valence-electron chi connectivity index (χ3n) is 3.04. The lowest BCUT2D eigenvalue weighted by Gasteiger charge is -2.19. The first-order valence-corrected chi connectivity index (χ1v) is 6.99. The summed E-state index contributed by atoms with van der Waals surface area (Å²) < 4.78 is 5.59. The number of rotatable bonds is 6. The highest BCUT2D eigenvalue weighted by atomic mass is 35.5. The van der Waals surface area contributed by atoms with Crippen molar-refractivity contribution >= 4 is 17.6 Å². The maximum Gasteiger partial charge on any atom is 0.303 e. The van der Waals surface area contributed by atoms with Gasteiger partial charge in [-0.1, -0.05) is 37.6 Å². The normalized spacial score (nSPS) is 11.6. The molecule has 0 saturated carbocycles. The van der Waals surface area contributed by atoms with Crippen LogP contribution in [0.1, 0.15) is 37.6 Å². The van der Waals surface area contributed by atoms with Gasteiger partial charge in [0.05, 0.1) is 12.8 Å². The van der Waals surface area contributed by atoms with Crippen LogP contribution >= 0.6 is 11.6 Å². The molecule has 0 aliphatic carbocycles. The second kappa shape index (κ2) is 6.26. The molecule has 2 aromatic rings. The highest BCUT2D eigenvalue weighted by Crippen LogP contribution is 2.25. The summed E-state index contributed by atoms with van der Waals surface area (Å²) in [6.07, 6.45) is 1.03. The van der Waals surface area contributed by atoms with Gasteiger partial charge in [-0.2, -0.15) is 0 Å². The molecule has 0 aliphatic heterocycles. The highest BCUT2D eigenvalue weighted by Gasteiger charge is 2.25. The van der Waals surface area contributed by atoms with Gasteiger partial charge in [0, 0.05) is 11.4 Å². The van der Waals surface area contributed by atoms with Crippen LogP contribution in [-0.2, 0) is 17.6 Å². The van der Waals surface area contributed by atoms with Gasteiger partial charge in [0.2, 0.25) is 11.8 Å². The zero-order valence-electron chi connectivity index (χ0n) is 12.0. The number of carbonyl (C=O) groups is 1. The molecule has 0 fully saturated rings. The monoisotopic (exact) mass is 308 g/mol. The number of carboxylic acids is 1. The minimum atomic E-state index is -0.832. The van der Waals surface area contributed by atoms with Crippen molar-refractivity contribution < 1.29 is 14.3 Å². The lowest BCUT2D eigenvalue weighted by atomic mass is 9.86. The average molecular weight is 309 g/mol. The fourth-order valence-electron chi connectivity index (χ4n) is 2.09. The number of carboxylic acid groups (broad SMARTS) is 1. The van der Waals surface area contributed by atoms with Crippen molar-refractivity contribution in [1.29, 1.82) is 0 Å². The predicted molar refractivity (Wildman–Crippen MR) is 78.3 cm³/mol. The molecule has 0 unspecified atom stereocenters. The van der Waals surface area contributed by atoms with Gasteiger partial charge < -0.3 is 9.52 Å². The third-order valence-corrected chi connectivity index (χ3v) is 3.29. The van der Waals surface area contributed by atoms with E-state index >= 15 is 0 Å². The van der Waals surface area contributed by atoms with E-state index in [1.54, 1.807) is 0 Å². The molecule has 1 aromatic heterocycles. The molecular formula is C15H17ClN2O3. The van der Waals surface area contributed by atoms with Crippen LogP contribution in [0.4, 0.5) is 0 Å². The van der Waals surface area contributed by atoms with Crippen LogP contribution in [0.3, 0.4) is 0 Å². The van der Waals surface area contributed by atoms with E-state index in [1.807, 2.05) is 38.1 Å². The van der Waals surface area contributed by atoms with Gasteiger partial charge in [0.25, 0.3) is 0 Å². The Labute approximate surface area is 128 Å². The standard InChI is InChI=1S/C15H17ClN2O3/c1-15(2,9-14(19)20)8-13-18-17-12(21-13)7-10-3-5-11(16)6-4-10/h3-6H,7-9H2,1-2H3,(H,19,20). The SMILES string of the molecule is CC(C)(CC(=O)O)Cc1nnc(Cc2ccc(Cl)cc2)o1. The molecule has 0 amide bonds. The zero-order valence-corrected chi connectivity index (χ0v) is 12.7. The van der Waals surface area contributed by atoms with E-state index in [4.69, 9.17) is 21.1 Å². The Morgan fingerprint density at radius 1 is 1.24 bits per heavy atom. The molecule has 5 nitrogen and oxygen atoms in total. The summed E-state index contributed by atoms with van der Waals surface area (Å²) in [7, 11) is 0. The van der Waals surface area contributed by atoms with Crippen molar-refractivity contribution in [3.05, 3.63) is 46.6 Å². The number of hydrogen-bond acceptors (Lipinski definition) is 4. The maximum atomic E-state index is 10.8. The fourth-order valence-corrected chi connectivity index (χ4v) is 2.22. The first-order chi connectivity index (χ1) is 9.84.